The number of benzene rings is 22. The highest BCUT2D eigenvalue weighted by molar-refractivity contribution is 9.10. The van der Waals surface area contributed by atoms with Crippen LogP contribution in [0.25, 0.3) is 87.6 Å². The van der Waals surface area contributed by atoms with Crippen LogP contribution in [0.1, 0.15) is 44.5 Å². The molecule has 0 fully saturated rings. The van der Waals surface area contributed by atoms with E-state index >= 15 is 0 Å². The van der Waals surface area contributed by atoms with Crippen molar-refractivity contribution in [1.82, 2.24) is 0 Å². The van der Waals surface area contributed by atoms with Crippen LogP contribution in [0.3, 0.4) is 0 Å². The zero-order chi connectivity index (χ0) is 87.4. The second-order valence-corrected chi connectivity index (χ2v) is 34.4. The van der Waals surface area contributed by atoms with Crippen molar-refractivity contribution in [2.75, 3.05) is 20.0 Å². The number of nitrogens with one attached hydrogen (secondary N) is 1. The number of hydrogen-bond donors (Lipinski definition) is 1. The summed E-state index contributed by atoms with van der Waals surface area (Å²) < 4.78 is 1.09. The summed E-state index contributed by atoms with van der Waals surface area (Å²) in [5.74, 6) is 0. The van der Waals surface area contributed by atoms with E-state index in [1.807, 2.05) is 0 Å². The average Bonchev–Trinajstić information content (AvgIpc) is 1.54. The van der Waals surface area contributed by atoms with Crippen molar-refractivity contribution in [1.29, 1.82) is 0 Å². The normalized spacial score (nSPS) is 12.3. The molecule has 0 spiro atoms. The Morgan fingerprint density at radius 1 is 0.183 bits per heavy atom. The van der Waals surface area contributed by atoms with Gasteiger partial charge in [0.2, 0.25) is 0 Å². The summed E-state index contributed by atoms with van der Waals surface area (Å²) in [5.41, 5.74) is 31.7. The Bertz CT molecular complexity index is 7750. The first-order chi connectivity index (χ1) is 64.9. The van der Waals surface area contributed by atoms with Crippen molar-refractivity contribution in [3.63, 3.8) is 0 Å². The van der Waals surface area contributed by atoms with Crippen LogP contribution in [0, 0.1) is 0 Å². The first-order valence-electron chi connectivity index (χ1n) is 44.9. The molecule has 0 heterocycles. The lowest BCUT2D eigenvalue weighted by Crippen LogP contribution is -2.28. The van der Waals surface area contributed by atoms with E-state index < -0.39 is 5.41 Å². The Morgan fingerprint density at radius 2 is 0.450 bits per heavy atom. The number of rotatable bonds is 17. The molecule has 620 valence electrons. The van der Waals surface area contributed by atoms with Crippen molar-refractivity contribution < 1.29 is 0 Å². The van der Waals surface area contributed by atoms with Crippen molar-refractivity contribution in [2.24, 2.45) is 0 Å². The Labute approximate surface area is 774 Å². The molecule has 0 amide bonds. The number of halogens is 1. The van der Waals surface area contributed by atoms with Gasteiger partial charge in [0.1, 0.15) is 0 Å². The molecule has 0 saturated heterocycles. The maximum absolute atomic E-state index is 3.74. The molecule has 0 unspecified atom stereocenters. The minimum absolute atomic E-state index is 0.384. The minimum atomic E-state index is -0.505. The molecule has 0 aliphatic heterocycles. The molecule has 24 rings (SSSR count). The van der Waals surface area contributed by atoms with Crippen molar-refractivity contribution >= 4 is 122 Å². The number of nitrogens with zero attached hydrogens (tertiary/aromatic N) is 3. The molecule has 0 aromatic heterocycles. The molecule has 1 N–H and O–H groups in total. The lowest BCUT2D eigenvalue weighted by molar-refractivity contribution is 0.768. The maximum atomic E-state index is 3.74. The summed E-state index contributed by atoms with van der Waals surface area (Å²) in [6.07, 6.45) is 0. The van der Waals surface area contributed by atoms with Crippen LogP contribution in [0.2, 0.25) is 0 Å². The third-order valence-corrected chi connectivity index (χ3v) is 26.7. The van der Waals surface area contributed by atoms with Gasteiger partial charge in [0.15, 0.2) is 0 Å². The lowest BCUT2D eigenvalue weighted by atomic mass is 9.67. The quantitative estimate of drug-likeness (QED) is 0.0981. The van der Waals surface area contributed by atoms with Gasteiger partial charge in [0.25, 0.3) is 0 Å². The van der Waals surface area contributed by atoms with E-state index in [0.29, 0.717) is 0 Å². The molecule has 22 aromatic rings. The van der Waals surface area contributed by atoms with Crippen molar-refractivity contribution in [2.45, 2.75) is 10.8 Å². The second-order valence-electron chi connectivity index (χ2n) is 33.5. The zero-order valence-corrected chi connectivity index (χ0v) is 73.6. The maximum Gasteiger partial charge on any atom is 0.0714 e. The van der Waals surface area contributed by atoms with Crippen LogP contribution in [0.15, 0.2) is 538 Å². The summed E-state index contributed by atoms with van der Waals surface area (Å²) in [6, 6.07) is 193. The number of fused-ring (bicyclic) bond motifs is 10. The molecule has 0 bridgehead atoms. The molecule has 0 atom stereocenters. The summed E-state index contributed by atoms with van der Waals surface area (Å²) in [6.45, 7) is 0. The number of hydrogen-bond acceptors (Lipinski definition) is 4. The Kier molecular flexibility index (Phi) is 21.7. The number of anilines is 11. The summed E-state index contributed by atoms with van der Waals surface area (Å²) >= 11 is 3.51. The summed E-state index contributed by atoms with van der Waals surface area (Å²) in [5, 5.41) is 13.5. The van der Waals surface area contributed by atoms with Crippen molar-refractivity contribution in [3.05, 3.63) is 583 Å². The summed E-state index contributed by atoms with van der Waals surface area (Å²) in [4.78, 5) is 7.13. The number of para-hydroxylation sites is 2. The van der Waals surface area contributed by atoms with Crippen LogP contribution in [-0.2, 0) is 10.8 Å². The highest BCUT2D eigenvalue weighted by atomic mass is 79.9. The van der Waals surface area contributed by atoms with E-state index in [1.165, 1.54) is 127 Å². The third-order valence-electron chi connectivity index (χ3n) is 26.2. The molecule has 0 radical (unpaired) electrons. The molecule has 131 heavy (non-hydrogen) atoms. The molecule has 22 aromatic carbocycles. The Hall–Kier alpha value is -16.4. The van der Waals surface area contributed by atoms with Crippen LogP contribution in [0.4, 0.5) is 62.6 Å². The average molecular weight is 1740 g/mol. The van der Waals surface area contributed by atoms with E-state index in [0.717, 1.165) is 72.5 Å². The van der Waals surface area contributed by atoms with Crippen LogP contribution in [-0.4, -0.2) is 0 Å². The predicted octanol–water partition coefficient (Wildman–Crippen LogP) is 34.6. The van der Waals surface area contributed by atoms with Crippen LogP contribution in [0.5, 0.6) is 0 Å². The van der Waals surface area contributed by atoms with Gasteiger partial charge in [-0.25, -0.2) is 0 Å². The smallest absolute Gasteiger partial charge is 0.0714 e. The fourth-order valence-corrected chi connectivity index (χ4v) is 20.5. The molecule has 4 nitrogen and oxygen atoms in total. The first kappa shape index (κ1) is 80.4. The highest BCUT2D eigenvalue weighted by Gasteiger charge is 2.48. The van der Waals surface area contributed by atoms with Gasteiger partial charge < -0.3 is 20.0 Å². The molecular weight excluding hydrogens is 1650 g/mol. The van der Waals surface area contributed by atoms with Gasteiger partial charge in [-0.2, -0.15) is 0 Å². The van der Waals surface area contributed by atoms with E-state index in [2.05, 4.69) is 570 Å². The van der Waals surface area contributed by atoms with Gasteiger partial charge in [-0.05, 0) is 232 Å². The summed E-state index contributed by atoms with van der Waals surface area (Å²) in [7, 11) is 0. The molecule has 2 aliphatic rings. The van der Waals surface area contributed by atoms with Gasteiger partial charge in [-0.3, -0.25) is 0 Å². The molecule has 0 saturated carbocycles. The first-order valence-corrected chi connectivity index (χ1v) is 45.7. The minimum Gasteiger partial charge on any atom is -0.355 e. The largest absolute Gasteiger partial charge is 0.355 e. The lowest BCUT2D eigenvalue weighted by Gasteiger charge is -2.35. The van der Waals surface area contributed by atoms with Gasteiger partial charge in [0.05, 0.1) is 27.9 Å². The zero-order valence-electron chi connectivity index (χ0n) is 72.0. The molecule has 2 aliphatic carbocycles. The predicted molar refractivity (Wildman–Crippen MR) is 556 cm³/mol. The highest BCUT2D eigenvalue weighted by Crippen LogP contribution is 2.60. The van der Waals surface area contributed by atoms with Gasteiger partial charge in [-0.15, -0.1) is 0 Å². The third kappa shape index (κ3) is 14.9. The SMILES string of the molecule is Brc1ccc(-c2ccc(N(c3ccccc3)c3cccc4ccccc34)cc2)cc1.c1ccc(C2(c3ccccc3)c3ccccc3-c3ccc(Nc4cccc5ccccc45)cc32)cc1.c1ccc(N(c2ccc(-c3ccc(N(c4ccc5c(c4)C(c4ccccc4)(c4ccccc4)c4ccccc4-5)c4cccc5ccccc45)cc3)cc2)c2cccc3ccccc23)cc1. The van der Waals surface area contributed by atoms with E-state index in [-0.39, 0.29) is 5.41 Å². The van der Waals surface area contributed by atoms with Gasteiger partial charge in [-0.1, -0.05) is 428 Å². The van der Waals surface area contributed by atoms with Gasteiger partial charge in [0, 0.05) is 71.5 Å². The standard InChI is InChI=1S/C63H44N2.C35H25N.C28H20BrN/c1-4-22-49(23-5-1)63(50-24-6-2-7-25-50)59-31-15-14-30-57(59)58-43-42-54(44-60(58)63)65(62-33-17-21-48-19-11-13-29-56(48)62)53-40-36-46(37-41-53)45-34-38-52(39-35-45)64(51-26-8-3-9-27-51)61-32-16-20-47-18-10-12-28-55(47)61;1-3-14-26(15-4-1)35(27-16-5-2-6-17-27)32-20-10-9-19-30(32)31-23-22-28(24-33(31)35)36-34-21-11-13-25-12-7-8-18-29(25)34;29-24-17-13-21(14-18-24)22-15-19-26(20-16-22)30(25-9-2-1-3-10-25)28-12-6-8-23-7-4-5-11-27(23)28/h1-44H;1-24,36H;1-20H. The second kappa shape index (κ2) is 35.4. The topological polar surface area (TPSA) is 21.8 Å². The van der Waals surface area contributed by atoms with Crippen LogP contribution >= 0.6 is 15.9 Å². The van der Waals surface area contributed by atoms with E-state index in [9.17, 15) is 0 Å². The van der Waals surface area contributed by atoms with Crippen LogP contribution < -0.4 is 20.0 Å². The molecular formula is C126H89BrN4. The monoisotopic (exact) mass is 1740 g/mol. The van der Waals surface area contributed by atoms with Gasteiger partial charge >= 0.3 is 0 Å². The Morgan fingerprint density at radius 3 is 0.840 bits per heavy atom. The van der Waals surface area contributed by atoms with Crippen molar-refractivity contribution in [3.8, 4) is 44.5 Å². The van der Waals surface area contributed by atoms with E-state index in [4.69, 9.17) is 0 Å². The van der Waals surface area contributed by atoms with E-state index in [1.54, 1.807) is 0 Å². The molecule has 5 heteroatoms. The fourth-order valence-electron chi connectivity index (χ4n) is 20.3. The fraction of sp³-hybridized carbons (Fsp3) is 0.0159. The Balaban J connectivity index is 0.000000128.